The first-order chi connectivity index (χ1) is 7.59. The number of aryl methyl sites for hydroxylation is 2. The number of carbonyl (C=O) groups is 1. The van der Waals surface area contributed by atoms with Crippen LogP contribution in [0.1, 0.15) is 41.0 Å². The predicted molar refractivity (Wildman–Crippen MR) is 65.2 cm³/mol. The van der Waals surface area contributed by atoms with Crippen LogP contribution in [0.15, 0.2) is 6.07 Å². The molecule has 3 heteroatoms. The number of hydrogen-bond acceptors (Lipinski definition) is 3. The fourth-order valence-electron chi connectivity index (χ4n) is 2.24. The van der Waals surface area contributed by atoms with Crippen LogP contribution < -0.4 is 4.90 Å². The van der Waals surface area contributed by atoms with Crippen molar-refractivity contribution < 1.29 is 4.79 Å². The van der Waals surface area contributed by atoms with Gasteiger partial charge in [0.25, 0.3) is 0 Å². The van der Waals surface area contributed by atoms with Gasteiger partial charge in [-0.1, -0.05) is 0 Å². The molecular weight excluding hydrogens is 200 g/mol. The molecule has 1 aliphatic carbocycles. The summed E-state index contributed by atoms with van der Waals surface area (Å²) < 4.78 is 0. The molecule has 0 radical (unpaired) electrons. The molecule has 0 unspecified atom stereocenters. The molecule has 0 amide bonds. The van der Waals surface area contributed by atoms with Crippen molar-refractivity contribution in [1.29, 1.82) is 0 Å². The number of anilines is 1. The van der Waals surface area contributed by atoms with Crippen LogP contribution in [0.3, 0.4) is 0 Å². The molecule has 0 bridgehead atoms. The summed E-state index contributed by atoms with van der Waals surface area (Å²) in [5, 5.41) is 0. The molecule has 2 rings (SSSR count). The third-order valence-electron chi connectivity index (χ3n) is 3.11. The van der Waals surface area contributed by atoms with E-state index in [9.17, 15) is 4.79 Å². The first-order valence-corrected chi connectivity index (χ1v) is 5.80. The molecule has 1 aromatic rings. The lowest BCUT2D eigenvalue weighted by Crippen LogP contribution is -2.14. The Morgan fingerprint density at radius 1 is 1.25 bits per heavy atom. The van der Waals surface area contributed by atoms with E-state index in [4.69, 9.17) is 0 Å². The van der Waals surface area contributed by atoms with Gasteiger partial charge in [0.1, 0.15) is 5.69 Å². The number of ketones is 1. The SMILES string of the molecule is Cc1nc2c(cc1N(C)C)CCCCC2=O. The monoisotopic (exact) mass is 218 g/mol. The van der Waals surface area contributed by atoms with Gasteiger partial charge in [0.05, 0.1) is 11.4 Å². The minimum absolute atomic E-state index is 0.209. The maximum absolute atomic E-state index is 11.9. The van der Waals surface area contributed by atoms with E-state index in [2.05, 4.69) is 16.0 Å². The van der Waals surface area contributed by atoms with Crippen molar-refractivity contribution >= 4 is 11.5 Å². The highest BCUT2D eigenvalue weighted by molar-refractivity contribution is 5.96. The molecule has 0 atom stereocenters. The summed E-state index contributed by atoms with van der Waals surface area (Å²) in [7, 11) is 4.02. The van der Waals surface area contributed by atoms with Crippen molar-refractivity contribution in [3.63, 3.8) is 0 Å². The third-order valence-corrected chi connectivity index (χ3v) is 3.11. The summed E-state index contributed by atoms with van der Waals surface area (Å²) >= 11 is 0. The fraction of sp³-hybridized carbons (Fsp3) is 0.538. The number of Topliss-reactive ketones (excluding diaryl/α,β-unsaturated/α-hetero) is 1. The van der Waals surface area contributed by atoms with E-state index in [0.717, 1.165) is 36.2 Å². The molecule has 1 aliphatic rings. The second-order valence-electron chi connectivity index (χ2n) is 4.63. The number of nitrogens with zero attached hydrogens (tertiary/aromatic N) is 2. The zero-order valence-electron chi connectivity index (χ0n) is 10.2. The number of rotatable bonds is 1. The summed E-state index contributed by atoms with van der Waals surface area (Å²) in [6, 6.07) is 2.13. The Bertz CT molecular complexity index is 424. The van der Waals surface area contributed by atoms with Crippen molar-refractivity contribution in [2.45, 2.75) is 32.6 Å². The van der Waals surface area contributed by atoms with Gasteiger partial charge in [0.15, 0.2) is 5.78 Å². The van der Waals surface area contributed by atoms with E-state index in [1.807, 2.05) is 21.0 Å². The van der Waals surface area contributed by atoms with E-state index < -0.39 is 0 Å². The highest BCUT2D eigenvalue weighted by atomic mass is 16.1. The molecule has 1 heterocycles. The molecule has 86 valence electrons. The van der Waals surface area contributed by atoms with Crippen LogP contribution in [0.25, 0.3) is 0 Å². The summed E-state index contributed by atoms with van der Waals surface area (Å²) in [6.07, 6.45) is 3.72. The van der Waals surface area contributed by atoms with E-state index in [1.54, 1.807) is 0 Å². The lowest BCUT2D eigenvalue weighted by atomic mass is 10.1. The number of pyridine rings is 1. The Morgan fingerprint density at radius 2 is 1.94 bits per heavy atom. The number of fused-ring (bicyclic) bond motifs is 1. The van der Waals surface area contributed by atoms with E-state index in [-0.39, 0.29) is 5.78 Å². The summed E-state index contributed by atoms with van der Waals surface area (Å²) in [6.45, 7) is 1.97. The van der Waals surface area contributed by atoms with E-state index in [0.29, 0.717) is 12.1 Å². The minimum Gasteiger partial charge on any atom is -0.376 e. The van der Waals surface area contributed by atoms with Crippen LogP contribution in [-0.2, 0) is 6.42 Å². The standard InChI is InChI=1S/C13H18N2O/c1-9-11(15(2)3)8-10-6-4-5-7-12(16)13(10)14-9/h8H,4-7H2,1-3H3. The van der Waals surface area contributed by atoms with Gasteiger partial charge < -0.3 is 4.90 Å². The summed E-state index contributed by atoms with van der Waals surface area (Å²) in [5.74, 6) is 0.209. The second-order valence-corrected chi connectivity index (χ2v) is 4.63. The van der Waals surface area contributed by atoms with Crippen LogP contribution in [0.4, 0.5) is 5.69 Å². The molecule has 0 saturated heterocycles. The van der Waals surface area contributed by atoms with Gasteiger partial charge in [-0.2, -0.15) is 0 Å². The topological polar surface area (TPSA) is 33.2 Å². The highest BCUT2D eigenvalue weighted by Gasteiger charge is 2.19. The number of aromatic nitrogens is 1. The smallest absolute Gasteiger partial charge is 0.181 e. The lowest BCUT2D eigenvalue weighted by molar-refractivity contribution is 0.0977. The highest BCUT2D eigenvalue weighted by Crippen LogP contribution is 2.25. The molecule has 0 fully saturated rings. The van der Waals surface area contributed by atoms with Crippen LogP contribution in [0.2, 0.25) is 0 Å². The maximum atomic E-state index is 11.9. The van der Waals surface area contributed by atoms with Crippen molar-refractivity contribution in [3.8, 4) is 0 Å². The van der Waals surface area contributed by atoms with Crippen molar-refractivity contribution in [3.05, 3.63) is 23.0 Å². The van der Waals surface area contributed by atoms with Crippen LogP contribution >= 0.6 is 0 Å². The Kier molecular flexibility index (Phi) is 2.95. The van der Waals surface area contributed by atoms with Gasteiger partial charge in [-0.3, -0.25) is 4.79 Å². The fourth-order valence-corrected chi connectivity index (χ4v) is 2.24. The lowest BCUT2D eigenvalue weighted by Gasteiger charge is -2.17. The maximum Gasteiger partial charge on any atom is 0.181 e. The number of carbonyl (C=O) groups excluding carboxylic acids is 1. The van der Waals surface area contributed by atoms with E-state index >= 15 is 0 Å². The summed E-state index contributed by atoms with van der Waals surface area (Å²) in [4.78, 5) is 18.4. The average molecular weight is 218 g/mol. The van der Waals surface area contributed by atoms with Gasteiger partial charge >= 0.3 is 0 Å². The molecule has 0 saturated carbocycles. The van der Waals surface area contributed by atoms with Crippen LogP contribution in [-0.4, -0.2) is 24.9 Å². The molecular formula is C13H18N2O. The molecule has 1 aromatic heterocycles. The molecule has 0 aromatic carbocycles. The first-order valence-electron chi connectivity index (χ1n) is 5.80. The van der Waals surface area contributed by atoms with Crippen molar-refractivity contribution in [1.82, 2.24) is 4.98 Å². The Morgan fingerprint density at radius 3 is 2.62 bits per heavy atom. The Labute approximate surface area is 96.5 Å². The van der Waals surface area contributed by atoms with Crippen molar-refractivity contribution in [2.24, 2.45) is 0 Å². The molecule has 0 aliphatic heterocycles. The van der Waals surface area contributed by atoms with Gasteiger partial charge in [-0.05, 0) is 37.8 Å². The molecule has 0 spiro atoms. The van der Waals surface area contributed by atoms with E-state index in [1.165, 1.54) is 0 Å². The quantitative estimate of drug-likeness (QED) is 0.678. The predicted octanol–water partition coefficient (Wildman–Crippen LogP) is 2.37. The minimum atomic E-state index is 0.209. The normalized spacial score (nSPS) is 15.6. The Balaban J connectivity index is 2.52. The van der Waals surface area contributed by atoms with Gasteiger partial charge in [0.2, 0.25) is 0 Å². The van der Waals surface area contributed by atoms with Crippen LogP contribution in [0.5, 0.6) is 0 Å². The number of hydrogen-bond donors (Lipinski definition) is 0. The Hall–Kier alpha value is -1.38. The zero-order valence-corrected chi connectivity index (χ0v) is 10.2. The molecule has 16 heavy (non-hydrogen) atoms. The first kappa shape index (κ1) is 11.1. The molecule has 0 N–H and O–H groups in total. The van der Waals surface area contributed by atoms with Crippen molar-refractivity contribution in [2.75, 3.05) is 19.0 Å². The van der Waals surface area contributed by atoms with Gasteiger partial charge in [0, 0.05) is 20.5 Å². The average Bonchev–Trinajstić information content (AvgIpc) is 2.40. The van der Waals surface area contributed by atoms with Crippen LogP contribution in [0, 0.1) is 6.92 Å². The third kappa shape index (κ3) is 1.94. The second kappa shape index (κ2) is 4.24. The summed E-state index contributed by atoms with van der Waals surface area (Å²) in [5.41, 5.74) is 3.89. The largest absolute Gasteiger partial charge is 0.376 e. The van der Waals surface area contributed by atoms with Gasteiger partial charge in [-0.25, -0.2) is 4.98 Å². The van der Waals surface area contributed by atoms with Gasteiger partial charge in [-0.15, -0.1) is 0 Å². The zero-order chi connectivity index (χ0) is 11.7. The molecule has 3 nitrogen and oxygen atoms in total.